The third-order valence-corrected chi connectivity index (χ3v) is 15.6. The van der Waals surface area contributed by atoms with Crippen LogP contribution in [0.4, 0.5) is 0 Å². The van der Waals surface area contributed by atoms with Gasteiger partial charge in [0.25, 0.3) is 0 Å². The minimum Gasteiger partial charge on any atom is -0.450 e. The number of aliphatic hydroxyl groups is 19. The summed E-state index contributed by atoms with van der Waals surface area (Å²) in [4.78, 5) is 4.22. The first kappa shape index (κ1) is 64.2. The van der Waals surface area contributed by atoms with E-state index in [0.717, 1.165) is 0 Å². The minimum absolute atomic E-state index is 0.0763. The molecule has 0 radical (unpaired) electrons. The zero-order valence-electron chi connectivity index (χ0n) is 43.3. The largest absolute Gasteiger partial charge is 0.450 e. The van der Waals surface area contributed by atoms with E-state index in [1.165, 1.54) is 6.92 Å². The first-order chi connectivity index (χ1) is 38.0. The lowest BCUT2D eigenvalue weighted by molar-refractivity contribution is -0.397. The average Bonchev–Trinajstić information content (AvgIpc) is 3.85. The van der Waals surface area contributed by atoms with Crippen LogP contribution in [0, 0.1) is 0 Å². The highest BCUT2D eigenvalue weighted by molar-refractivity contribution is 5.75. The Hall–Kier alpha value is -1.81. The normalized spacial score (nSPS) is 53.0. The van der Waals surface area contributed by atoms with Crippen molar-refractivity contribution in [3.63, 3.8) is 0 Å². The molecule has 8 heterocycles. The molecule has 464 valence electrons. The summed E-state index contributed by atoms with van der Waals surface area (Å²) in [6.07, 6.45) is -61.6. The Balaban J connectivity index is 1.08. The van der Waals surface area contributed by atoms with Gasteiger partial charge in [-0.15, -0.1) is 0 Å². The second-order valence-electron chi connectivity index (χ2n) is 20.8. The van der Waals surface area contributed by atoms with Crippen LogP contribution in [-0.4, -0.2) is 351 Å². The molecule has 14 unspecified atom stereocenters. The minimum atomic E-state index is -2.22. The predicted octanol–water partition coefficient (Wildman–Crippen LogP) is -12.0. The Morgan fingerprint density at radius 1 is 0.338 bits per heavy atom. The van der Waals surface area contributed by atoms with Crippen molar-refractivity contribution in [2.75, 3.05) is 33.0 Å². The standard InChI is InChI=1S/C46H77NO33/c1-4-12-20(51)27(58)31(62)41(70-12)67-9-17-24(55)37(78-44-33(64)29(60)22(53)14(6-48)72-44)34(65)42(75-17)68-10-18-25(56)38(35(66)45(76-18)77-36-16(8-50)74-40-19(26(36)57)47-11(3)69-40)79-46-39(30(61)23(54)15(7-49)73-46)80-43-32(63)28(59)21(52)13(5-2)71-43/h12-46,48-66H,4-10H2,1-3H3/t12?,13-,14-,15-,16?,17?,18?,19?,20+,21+,22+,23+,24+,25+,26+,27-,28?,29?,30?,31?,32?,33?,34?,35?,36+,37-,38-,39?,40-,41-,42-,43+,44+,45-,46+/m0/s1. The molecule has 0 saturated carbocycles. The van der Waals surface area contributed by atoms with Gasteiger partial charge in [0.2, 0.25) is 6.29 Å². The van der Waals surface area contributed by atoms with E-state index in [1.54, 1.807) is 13.8 Å². The molecule has 0 amide bonds. The van der Waals surface area contributed by atoms with E-state index in [-0.39, 0.29) is 18.7 Å². The third kappa shape index (κ3) is 13.0. The van der Waals surface area contributed by atoms with Gasteiger partial charge >= 0.3 is 0 Å². The Morgan fingerprint density at radius 2 is 0.700 bits per heavy atom. The Labute approximate surface area is 455 Å². The van der Waals surface area contributed by atoms with Crippen LogP contribution in [0.3, 0.4) is 0 Å². The van der Waals surface area contributed by atoms with Gasteiger partial charge in [0, 0.05) is 6.92 Å². The number of nitrogens with zero attached hydrogens (tertiary/aromatic N) is 1. The van der Waals surface area contributed by atoms with Crippen molar-refractivity contribution in [3.05, 3.63) is 0 Å². The smallest absolute Gasteiger partial charge is 0.227 e. The second kappa shape index (κ2) is 27.3. The maximum Gasteiger partial charge on any atom is 0.227 e. The molecule has 0 spiro atoms. The zero-order chi connectivity index (χ0) is 58.3. The van der Waals surface area contributed by atoms with Crippen LogP contribution in [0.5, 0.6) is 0 Å². The summed E-state index contributed by atoms with van der Waals surface area (Å²) in [6, 6.07) is -1.14. The van der Waals surface area contributed by atoms with Crippen LogP contribution < -0.4 is 0 Å². The van der Waals surface area contributed by atoms with Gasteiger partial charge in [0.1, 0.15) is 159 Å². The topological polar surface area (TPSA) is 526 Å². The van der Waals surface area contributed by atoms with E-state index in [0.29, 0.717) is 0 Å². The van der Waals surface area contributed by atoms with E-state index in [4.69, 9.17) is 66.3 Å². The van der Waals surface area contributed by atoms with Gasteiger partial charge in [-0.05, 0) is 12.8 Å². The maximum atomic E-state index is 12.1. The van der Waals surface area contributed by atoms with E-state index in [2.05, 4.69) is 4.99 Å². The highest BCUT2D eigenvalue weighted by Crippen LogP contribution is 2.38. The number of fused-ring (bicyclic) bond motifs is 1. The fourth-order valence-corrected chi connectivity index (χ4v) is 10.8. The lowest BCUT2D eigenvalue weighted by Crippen LogP contribution is -2.68. The van der Waals surface area contributed by atoms with E-state index in [9.17, 15) is 97.0 Å². The molecule has 8 rings (SSSR count). The Bertz CT molecular complexity index is 1970. The van der Waals surface area contributed by atoms with Crippen molar-refractivity contribution < 1.29 is 163 Å². The molecule has 8 aliphatic rings. The fraction of sp³-hybridized carbons (Fsp3) is 0.978. The molecule has 19 N–H and O–H groups in total. The number of aliphatic hydroxyl groups excluding tert-OH is 19. The van der Waals surface area contributed by atoms with Crippen LogP contribution in [0.15, 0.2) is 4.99 Å². The molecule has 34 heteroatoms. The van der Waals surface area contributed by atoms with Crippen molar-refractivity contribution in [2.45, 2.75) is 248 Å². The van der Waals surface area contributed by atoms with Crippen molar-refractivity contribution in [2.24, 2.45) is 4.99 Å². The van der Waals surface area contributed by atoms with Crippen LogP contribution in [-0.2, 0) is 66.3 Å². The van der Waals surface area contributed by atoms with Gasteiger partial charge in [-0.2, -0.15) is 0 Å². The third-order valence-electron chi connectivity index (χ3n) is 15.6. The SMILES string of the molecule is CCC1O[C@H](OCC2O[C@H](OCC3O[C@@H](O[C@@H]4C(CO)O[C@@H]5OC(C)=NC5[C@H]4O)C(O)[C@@H](O[C@H]4O[C@@H](CO)[C@@H](O)C(O)C4O[C@H]4O[C@@H](CC)[C@@H](O)C(O)C4O)[C@@H]3O)C(O)[C@@H](O[C@H]3O[C@@H](CO)[C@@H](O)C(O)C3O)[C@@H]2O)C(O)[C@@H](O)[C@@H]1O. The first-order valence-electron chi connectivity index (χ1n) is 26.3. The van der Waals surface area contributed by atoms with Gasteiger partial charge in [-0.3, -0.25) is 0 Å². The summed E-state index contributed by atoms with van der Waals surface area (Å²) in [7, 11) is 0. The maximum absolute atomic E-state index is 12.1. The highest BCUT2D eigenvalue weighted by Gasteiger charge is 2.58. The number of ether oxygens (including phenoxy) is 14. The summed E-state index contributed by atoms with van der Waals surface area (Å²) in [5, 5.41) is 208. The van der Waals surface area contributed by atoms with Gasteiger partial charge in [-0.25, -0.2) is 4.99 Å². The molecule has 35 atom stereocenters. The molecule has 0 aromatic carbocycles. The average molecular weight is 1170 g/mol. The van der Waals surface area contributed by atoms with E-state index < -0.39 is 248 Å². The van der Waals surface area contributed by atoms with Crippen LogP contribution in [0.25, 0.3) is 0 Å². The molecule has 7 fully saturated rings. The molecule has 0 aromatic rings. The molecular weight excluding hydrogens is 1090 g/mol. The Morgan fingerprint density at radius 3 is 1.21 bits per heavy atom. The number of aliphatic imine (C=N–C) groups is 1. The number of hydrogen-bond acceptors (Lipinski definition) is 34. The summed E-state index contributed by atoms with van der Waals surface area (Å²) in [5.41, 5.74) is 0. The van der Waals surface area contributed by atoms with Crippen molar-refractivity contribution in [1.82, 2.24) is 0 Å². The number of hydrogen-bond donors (Lipinski definition) is 19. The summed E-state index contributed by atoms with van der Waals surface area (Å²) >= 11 is 0. The fourth-order valence-electron chi connectivity index (χ4n) is 10.8. The first-order valence-corrected chi connectivity index (χ1v) is 26.3. The Kier molecular flexibility index (Phi) is 21.9. The van der Waals surface area contributed by atoms with E-state index >= 15 is 0 Å². The lowest BCUT2D eigenvalue weighted by atomic mass is 9.95. The second-order valence-corrected chi connectivity index (χ2v) is 20.8. The molecule has 0 aliphatic carbocycles. The molecular formula is C46H77NO33. The van der Waals surface area contributed by atoms with E-state index in [1.807, 2.05) is 0 Å². The van der Waals surface area contributed by atoms with Gasteiger partial charge in [0.05, 0.1) is 45.2 Å². The zero-order valence-corrected chi connectivity index (χ0v) is 43.3. The van der Waals surface area contributed by atoms with Crippen LogP contribution in [0.1, 0.15) is 33.6 Å². The van der Waals surface area contributed by atoms with Gasteiger partial charge < -0.3 is 163 Å². The van der Waals surface area contributed by atoms with Gasteiger partial charge in [-0.1, -0.05) is 13.8 Å². The lowest BCUT2D eigenvalue weighted by Gasteiger charge is -2.49. The molecule has 8 aliphatic heterocycles. The molecule has 34 nitrogen and oxygen atoms in total. The predicted molar refractivity (Wildman–Crippen MR) is 248 cm³/mol. The van der Waals surface area contributed by atoms with Crippen LogP contribution in [0.2, 0.25) is 0 Å². The van der Waals surface area contributed by atoms with Gasteiger partial charge in [0.15, 0.2) is 43.6 Å². The van der Waals surface area contributed by atoms with Crippen LogP contribution >= 0.6 is 0 Å². The van der Waals surface area contributed by atoms with Crippen molar-refractivity contribution in [3.8, 4) is 0 Å². The monoisotopic (exact) mass is 1170 g/mol. The summed E-state index contributed by atoms with van der Waals surface area (Å²) < 4.78 is 81.5. The van der Waals surface area contributed by atoms with Crippen molar-refractivity contribution in [1.29, 1.82) is 0 Å². The summed E-state index contributed by atoms with van der Waals surface area (Å²) in [5.74, 6) is 0.108. The van der Waals surface area contributed by atoms with Crippen molar-refractivity contribution >= 4 is 5.90 Å². The number of rotatable bonds is 19. The molecule has 0 bridgehead atoms. The quantitative estimate of drug-likeness (QED) is 0.0571. The molecule has 80 heavy (non-hydrogen) atoms. The highest BCUT2D eigenvalue weighted by atomic mass is 16.8. The molecule has 7 saturated heterocycles. The molecule has 0 aromatic heterocycles. The summed E-state index contributed by atoms with van der Waals surface area (Å²) in [6.45, 7) is 0.186.